The van der Waals surface area contributed by atoms with Crippen LogP contribution >= 0.6 is 0 Å². The maximum Gasteiger partial charge on any atom is 0.185 e. The Morgan fingerprint density at radius 1 is 0.381 bits per heavy atom. The van der Waals surface area contributed by atoms with Crippen LogP contribution in [0.25, 0.3) is 6.08 Å². The van der Waals surface area contributed by atoms with Crippen LogP contribution in [0.3, 0.4) is 0 Å². The lowest BCUT2D eigenvalue weighted by Gasteiger charge is -2.25. The lowest BCUT2D eigenvalue weighted by atomic mass is 10.1. The van der Waals surface area contributed by atoms with E-state index in [2.05, 4.69) is 70.5 Å². The maximum absolute atomic E-state index is 13.1. The number of para-hydroxylation sites is 4. The Hall–Kier alpha value is -5.67. The number of carbonyl (C=O) groups excluding carboxylic acids is 1. The molecule has 0 atom stereocenters. The van der Waals surface area contributed by atoms with E-state index in [4.69, 9.17) is 0 Å². The lowest BCUT2D eigenvalue weighted by molar-refractivity contribution is 0.104. The zero-order chi connectivity index (χ0) is 28.6. The van der Waals surface area contributed by atoms with Gasteiger partial charge in [-0.25, -0.2) is 0 Å². The van der Waals surface area contributed by atoms with Crippen LogP contribution in [0.15, 0.2) is 176 Å². The molecule has 0 heterocycles. The summed E-state index contributed by atoms with van der Waals surface area (Å²) in [6.07, 6.45) is 3.51. The van der Waals surface area contributed by atoms with Gasteiger partial charge in [-0.2, -0.15) is 0 Å². The lowest BCUT2D eigenvalue weighted by Crippen LogP contribution is -2.09. The molecule has 0 aliphatic rings. The highest BCUT2D eigenvalue weighted by molar-refractivity contribution is 6.07. The number of carbonyl (C=O) groups is 1. The summed E-state index contributed by atoms with van der Waals surface area (Å²) in [7, 11) is 0. The van der Waals surface area contributed by atoms with Crippen molar-refractivity contribution >= 4 is 46.0 Å². The fraction of sp³-hybridized carbons (Fsp3) is 0. The smallest absolute Gasteiger partial charge is 0.185 e. The predicted molar refractivity (Wildman–Crippen MR) is 176 cm³/mol. The molecule has 0 amide bonds. The third-order valence-corrected chi connectivity index (χ3v) is 7.05. The van der Waals surface area contributed by atoms with Gasteiger partial charge in [-0.3, -0.25) is 4.79 Å². The zero-order valence-corrected chi connectivity index (χ0v) is 23.1. The number of allylic oxidation sites excluding steroid dienone is 1. The summed E-state index contributed by atoms with van der Waals surface area (Å²) in [5.74, 6) is -0.0354. The first-order chi connectivity index (χ1) is 20.8. The molecule has 0 bridgehead atoms. The summed E-state index contributed by atoms with van der Waals surface area (Å²) in [6, 6.07) is 57.1. The molecular formula is C39H30N2O. The van der Waals surface area contributed by atoms with Gasteiger partial charge in [0.25, 0.3) is 0 Å². The monoisotopic (exact) mass is 542 g/mol. The Kier molecular flexibility index (Phi) is 8.01. The zero-order valence-electron chi connectivity index (χ0n) is 23.1. The molecule has 0 N–H and O–H groups in total. The van der Waals surface area contributed by atoms with Crippen LogP contribution < -0.4 is 9.80 Å². The summed E-state index contributed by atoms with van der Waals surface area (Å²) in [5.41, 5.74) is 7.94. The van der Waals surface area contributed by atoms with Gasteiger partial charge in [0.05, 0.1) is 0 Å². The van der Waals surface area contributed by atoms with Crippen molar-refractivity contribution in [3.8, 4) is 0 Å². The van der Waals surface area contributed by atoms with E-state index >= 15 is 0 Å². The third-order valence-electron chi connectivity index (χ3n) is 7.05. The molecule has 3 heteroatoms. The Morgan fingerprint density at radius 3 is 1.05 bits per heavy atom. The first-order valence-electron chi connectivity index (χ1n) is 14.0. The van der Waals surface area contributed by atoms with Gasteiger partial charge in [0.1, 0.15) is 0 Å². The molecule has 0 saturated carbocycles. The van der Waals surface area contributed by atoms with Crippen LogP contribution in [0, 0.1) is 0 Å². The molecule has 0 saturated heterocycles. The van der Waals surface area contributed by atoms with Crippen LogP contribution in [0.4, 0.5) is 34.1 Å². The van der Waals surface area contributed by atoms with E-state index in [0.717, 1.165) is 39.7 Å². The normalized spacial score (nSPS) is 10.9. The van der Waals surface area contributed by atoms with E-state index in [9.17, 15) is 4.79 Å². The minimum atomic E-state index is -0.0354. The summed E-state index contributed by atoms with van der Waals surface area (Å²) in [6.45, 7) is 0. The average molecular weight is 543 g/mol. The first-order valence-corrected chi connectivity index (χ1v) is 14.0. The van der Waals surface area contributed by atoms with E-state index in [1.54, 1.807) is 6.08 Å². The standard InChI is InChI=1S/C39H30N2O/c42-39(32-24-28-38(29-25-32)41(35-17-9-3-10-18-35)36-19-11-4-12-20-36)30-23-31-21-26-37(27-22-31)40(33-13-5-1-6-14-33)34-15-7-2-8-16-34/h1-30H. The summed E-state index contributed by atoms with van der Waals surface area (Å²) in [4.78, 5) is 17.5. The SMILES string of the molecule is O=C(C=Cc1ccc(N(c2ccccc2)c2ccccc2)cc1)c1ccc(N(c2ccccc2)c2ccccc2)cc1. The first kappa shape index (κ1) is 26.5. The number of hydrogen-bond acceptors (Lipinski definition) is 3. The maximum atomic E-state index is 13.1. The van der Waals surface area contributed by atoms with E-state index in [0.29, 0.717) is 5.56 Å². The van der Waals surface area contributed by atoms with Crippen LogP contribution in [0.2, 0.25) is 0 Å². The van der Waals surface area contributed by atoms with Crippen molar-refractivity contribution < 1.29 is 4.79 Å². The second-order valence-corrected chi connectivity index (χ2v) is 9.85. The van der Waals surface area contributed by atoms with Crippen molar-refractivity contribution in [2.45, 2.75) is 0 Å². The predicted octanol–water partition coefficient (Wildman–Crippen LogP) is 10.5. The van der Waals surface area contributed by atoms with Crippen LogP contribution in [-0.2, 0) is 0 Å². The number of benzene rings is 6. The molecule has 0 unspecified atom stereocenters. The minimum Gasteiger partial charge on any atom is -0.311 e. The van der Waals surface area contributed by atoms with Crippen molar-refractivity contribution in [3.05, 3.63) is 187 Å². The van der Waals surface area contributed by atoms with Crippen molar-refractivity contribution in [1.82, 2.24) is 0 Å². The number of nitrogens with zero attached hydrogens (tertiary/aromatic N) is 2. The second-order valence-electron chi connectivity index (χ2n) is 9.85. The van der Waals surface area contributed by atoms with Gasteiger partial charge in [0, 0.05) is 39.7 Å². The summed E-state index contributed by atoms with van der Waals surface area (Å²) >= 11 is 0. The van der Waals surface area contributed by atoms with Gasteiger partial charge in [-0.1, -0.05) is 91.0 Å². The molecule has 6 aromatic rings. The molecule has 42 heavy (non-hydrogen) atoms. The average Bonchev–Trinajstić information content (AvgIpc) is 3.07. The molecule has 0 fully saturated rings. The molecule has 0 aliphatic heterocycles. The Balaban J connectivity index is 1.20. The fourth-order valence-corrected chi connectivity index (χ4v) is 4.98. The van der Waals surface area contributed by atoms with Crippen molar-refractivity contribution in [2.75, 3.05) is 9.80 Å². The second kappa shape index (κ2) is 12.7. The third kappa shape index (κ3) is 6.06. The number of hydrogen-bond donors (Lipinski definition) is 0. The van der Waals surface area contributed by atoms with Crippen molar-refractivity contribution in [3.63, 3.8) is 0 Å². The molecule has 6 aromatic carbocycles. The quantitative estimate of drug-likeness (QED) is 0.134. The molecule has 0 aliphatic carbocycles. The number of ketones is 1. The number of anilines is 6. The Bertz CT molecular complexity index is 1670. The molecule has 6 rings (SSSR count). The topological polar surface area (TPSA) is 23.6 Å². The Morgan fingerprint density at radius 2 is 0.690 bits per heavy atom. The molecule has 202 valence electrons. The summed E-state index contributed by atoms with van der Waals surface area (Å²) < 4.78 is 0. The van der Waals surface area contributed by atoms with Gasteiger partial charge in [0.15, 0.2) is 5.78 Å². The highest BCUT2D eigenvalue weighted by Gasteiger charge is 2.13. The van der Waals surface area contributed by atoms with E-state index < -0.39 is 0 Å². The van der Waals surface area contributed by atoms with Crippen molar-refractivity contribution in [2.24, 2.45) is 0 Å². The fourth-order valence-electron chi connectivity index (χ4n) is 4.98. The van der Waals surface area contributed by atoms with Gasteiger partial charge in [-0.05, 0) is 96.6 Å². The van der Waals surface area contributed by atoms with E-state index in [-0.39, 0.29) is 5.78 Å². The molecule has 3 nitrogen and oxygen atoms in total. The number of rotatable bonds is 9. The van der Waals surface area contributed by atoms with E-state index in [1.165, 1.54) is 0 Å². The highest BCUT2D eigenvalue weighted by Crippen LogP contribution is 2.35. The van der Waals surface area contributed by atoms with Crippen molar-refractivity contribution in [1.29, 1.82) is 0 Å². The van der Waals surface area contributed by atoms with Crippen LogP contribution in [0.1, 0.15) is 15.9 Å². The Labute approximate surface area is 247 Å². The van der Waals surface area contributed by atoms with Crippen LogP contribution in [0.5, 0.6) is 0 Å². The largest absolute Gasteiger partial charge is 0.311 e. The van der Waals surface area contributed by atoms with Gasteiger partial charge >= 0.3 is 0 Å². The van der Waals surface area contributed by atoms with Crippen LogP contribution in [-0.4, -0.2) is 5.78 Å². The molecular weight excluding hydrogens is 512 g/mol. The minimum absolute atomic E-state index is 0.0354. The van der Waals surface area contributed by atoms with Gasteiger partial charge in [0.2, 0.25) is 0 Å². The summed E-state index contributed by atoms with van der Waals surface area (Å²) in [5, 5.41) is 0. The van der Waals surface area contributed by atoms with Gasteiger partial charge in [-0.15, -0.1) is 0 Å². The van der Waals surface area contributed by atoms with E-state index in [1.807, 2.05) is 115 Å². The molecule has 0 radical (unpaired) electrons. The van der Waals surface area contributed by atoms with Gasteiger partial charge < -0.3 is 9.80 Å². The molecule has 0 spiro atoms. The molecule has 0 aromatic heterocycles. The highest BCUT2D eigenvalue weighted by atomic mass is 16.1.